The molecule has 1 rings (SSSR count). The smallest absolute Gasteiger partial charge is 0.338 e. The summed E-state index contributed by atoms with van der Waals surface area (Å²) in [6.45, 7) is 10.8. The van der Waals surface area contributed by atoms with Crippen LogP contribution in [0, 0.1) is 0 Å². The maximum atomic E-state index is 11.6. The van der Waals surface area contributed by atoms with E-state index in [4.69, 9.17) is 9.47 Å². The molecule has 88 valence electrons. The SMILES string of the molecule is C=COC(=C)c1cc(C=C)ccc1C(=O)OC. The highest BCUT2D eigenvalue weighted by Gasteiger charge is 2.14. The van der Waals surface area contributed by atoms with Crippen molar-refractivity contribution in [2.45, 2.75) is 0 Å². The lowest BCUT2D eigenvalue weighted by Gasteiger charge is -2.10. The standard InChI is InChI=1S/C14H14O3/c1-5-11-7-8-12(14(15)16-4)13(9-11)10(3)17-6-2/h5-9H,1-3H2,4H3. The molecule has 3 nitrogen and oxygen atoms in total. The van der Waals surface area contributed by atoms with Gasteiger partial charge < -0.3 is 9.47 Å². The number of carbonyl (C=O) groups is 1. The minimum atomic E-state index is -0.440. The van der Waals surface area contributed by atoms with Gasteiger partial charge in [-0.1, -0.05) is 31.9 Å². The Morgan fingerprint density at radius 2 is 2.00 bits per heavy atom. The molecule has 0 unspecified atom stereocenters. The zero-order valence-corrected chi connectivity index (χ0v) is 9.73. The first-order chi connectivity index (χ1) is 8.13. The summed E-state index contributed by atoms with van der Waals surface area (Å²) in [6.07, 6.45) is 2.93. The maximum Gasteiger partial charge on any atom is 0.338 e. The van der Waals surface area contributed by atoms with E-state index in [2.05, 4.69) is 19.7 Å². The Bertz CT molecular complexity index is 472. The molecular formula is C14H14O3. The number of methoxy groups -OCH3 is 1. The van der Waals surface area contributed by atoms with Gasteiger partial charge in [0.25, 0.3) is 0 Å². The van der Waals surface area contributed by atoms with E-state index >= 15 is 0 Å². The number of rotatable bonds is 5. The molecule has 0 fully saturated rings. The monoisotopic (exact) mass is 230 g/mol. The van der Waals surface area contributed by atoms with E-state index in [0.29, 0.717) is 16.9 Å². The number of carbonyl (C=O) groups excluding carboxylic acids is 1. The van der Waals surface area contributed by atoms with Crippen LogP contribution in [0.4, 0.5) is 0 Å². The fourth-order valence-corrected chi connectivity index (χ4v) is 1.37. The Kier molecular flexibility index (Phi) is 4.29. The average Bonchev–Trinajstić information content (AvgIpc) is 2.37. The highest BCUT2D eigenvalue weighted by Crippen LogP contribution is 2.22. The van der Waals surface area contributed by atoms with Gasteiger partial charge in [0.2, 0.25) is 0 Å². The van der Waals surface area contributed by atoms with Crippen LogP contribution in [0.25, 0.3) is 11.8 Å². The molecule has 0 aromatic heterocycles. The molecule has 3 heteroatoms. The number of esters is 1. The number of hydrogen-bond acceptors (Lipinski definition) is 3. The zero-order valence-electron chi connectivity index (χ0n) is 9.73. The van der Waals surface area contributed by atoms with Crippen molar-refractivity contribution in [3.8, 4) is 0 Å². The molecule has 1 aromatic rings. The third-order valence-electron chi connectivity index (χ3n) is 2.21. The van der Waals surface area contributed by atoms with Crippen molar-refractivity contribution in [3.05, 3.63) is 60.9 Å². The molecule has 0 bridgehead atoms. The van der Waals surface area contributed by atoms with E-state index < -0.39 is 5.97 Å². The summed E-state index contributed by atoms with van der Waals surface area (Å²) in [6, 6.07) is 5.17. The minimum Gasteiger partial charge on any atom is -0.466 e. The van der Waals surface area contributed by atoms with Crippen LogP contribution in [0.15, 0.2) is 44.2 Å². The van der Waals surface area contributed by atoms with Crippen LogP contribution >= 0.6 is 0 Å². The fraction of sp³-hybridized carbons (Fsp3) is 0.0714. The van der Waals surface area contributed by atoms with Crippen LogP contribution in [0.3, 0.4) is 0 Å². The summed E-state index contributed by atoms with van der Waals surface area (Å²) < 4.78 is 9.78. The third kappa shape index (κ3) is 2.84. The molecule has 0 radical (unpaired) electrons. The molecule has 0 saturated carbocycles. The van der Waals surface area contributed by atoms with Gasteiger partial charge in [-0.15, -0.1) is 0 Å². The third-order valence-corrected chi connectivity index (χ3v) is 2.21. The molecule has 0 aliphatic carbocycles. The molecule has 0 amide bonds. The molecule has 0 saturated heterocycles. The summed E-state index contributed by atoms with van der Waals surface area (Å²) >= 11 is 0. The second-order valence-corrected chi connectivity index (χ2v) is 3.21. The normalized spacial score (nSPS) is 9.24. The van der Waals surface area contributed by atoms with Crippen molar-refractivity contribution in [2.75, 3.05) is 7.11 Å². The first-order valence-corrected chi connectivity index (χ1v) is 4.95. The predicted molar refractivity (Wildman–Crippen MR) is 68.2 cm³/mol. The lowest BCUT2D eigenvalue weighted by molar-refractivity contribution is 0.0600. The Balaban J connectivity index is 3.29. The number of ether oxygens (including phenoxy) is 2. The zero-order chi connectivity index (χ0) is 12.8. The van der Waals surface area contributed by atoms with Gasteiger partial charge in [-0.05, 0) is 17.7 Å². The van der Waals surface area contributed by atoms with Crippen molar-refractivity contribution in [1.82, 2.24) is 0 Å². The van der Waals surface area contributed by atoms with Gasteiger partial charge in [0.1, 0.15) is 5.76 Å². The van der Waals surface area contributed by atoms with Gasteiger partial charge in [0.05, 0.1) is 18.9 Å². The van der Waals surface area contributed by atoms with Gasteiger partial charge in [0.15, 0.2) is 0 Å². The van der Waals surface area contributed by atoms with E-state index in [9.17, 15) is 4.79 Å². The largest absolute Gasteiger partial charge is 0.466 e. The Morgan fingerprint density at radius 1 is 1.29 bits per heavy atom. The van der Waals surface area contributed by atoms with Crippen LogP contribution in [-0.2, 0) is 9.47 Å². The van der Waals surface area contributed by atoms with Gasteiger partial charge in [-0.25, -0.2) is 4.79 Å². The Labute approximate surface area is 101 Å². The van der Waals surface area contributed by atoms with Crippen LogP contribution in [0.5, 0.6) is 0 Å². The topological polar surface area (TPSA) is 35.5 Å². The molecule has 0 N–H and O–H groups in total. The quantitative estimate of drug-likeness (QED) is 0.575. The van der Waals surface area contributed by atoms with Gasteiger partial charge in [-0.3, -0.25) is 0 Å². The van der Waals surface area contributed by atoms with Crippen molar-refractivity contribution in [3.63, 3.8) is 0 Å². The molecule has 1 aromatic carbocycles. The van der Waals surface area contributed by atoms with Crippen LogP contribution < -0.4 is 0 Å². The van der Waals surface area contributed by atoms with E-state index in [-0.39, 0.29) is 0 Å². The first kappa shape index (κ1) is 12.8. The molecule has 0 spiro atoms. The molecule has 0 heterocycles. The average molecular weight is 230 g/mol. The van der Waals surface area contributed by atoms with Crippen molar-refractivity contribution in [2.24, 2.45) is 0 Å². The summed E-state index contributed by atoms with van der Waals surface area (Å²) in [4.78, 5) is 11.6. The second kappa shape index (κ2) is 5.70. The van der Waals surface area contributed by atoms with Crippen LogP contribution in [0.2, 0.25) is 0 Å². The van der Waals surface area contributed by atoms with E-state index in [1.54, 1.807) is 24.3 Å². The second-order valence-electron chi connectivity index (χ2n) is 3.21. The Hall–Kier alpha value is -2.29. The number of benzene rings is 1. The van der Waals surface area contributed by atoms with Gasteiger partial charge in [-0.2, -0.15) is 0 Å². The van der Waals surface area contributed by atoms with E-state index in [0.717, 1.165) is 5.56 Å². The van der Waals surface area contributed by atoms with E-state index in [1.165, 1.54) is 13.4 Å². The molecular weight excluding hydrogens is 216 g/mol. The molecule has 0 aliphatic heterocycles. The highest BCUT2D eigenvalue weighted by atomic mass is 16.5. The lowest BCUT2D eigenvalue weighted by atomic mass is 10.0. The predicted octanol–water partition coefficient (Wildman–Crippen LogP) is 3.25. The van der Waals surface area contributed by atoms with Crippen molar-refractivity contribution >= 4 is 17.8 Å². The van der Waals surface area contributed by atoms with E-state index in [1.807, 2.05) is 0 Å². The molecule has 17 heavy (non-hydrogen) atoms. The lowest BCUT2D eigenvalue weighted by Crippen LogP contribution is -2.05. The summed E-state index contributed by atoms with van der Waals surface area (Å²) in [5.74, 6) is -0.103. The van der Waals surface area contributed by atoms with Gasteiger partial charge in [0, 0.05) is 5.56 Å². The summed E-state index contributed by atoms with van der Waals surface area (Å²) in [7, 11) is 1.32. The van der Waals surface area contributed by atoms with Crippen molar-refractivity contribution < 1.29 is 14.3 Å². The summed E-state index contributed by atoms with van der Waals surface area (Å²) in [5.41, 5.74) is 1.82. The Morgan fingerprint density at radius 3 is 2.53 bits per heavy atom. The van der Waals surface area contributed by atoms with Crippen LogP contribution in [0.1, 0.15) is 21.5 Å². The van der Waals surface area contributed by atoms with Crippen molar-refractivity contribution in [1.29, 1.82) is 0 Å². The first-order valence-electron chi connectivity index (χ1n) is 4.95. The summed E-state index contributed by atoms with van der Waals surface area (Å²) in [5, 5.41) is 0. The minimum absolute atomic E-state index is 0.337. The fourth-order valence-electron chi connectivity index (χ4n) is 1.37. The van der Waals surface area contributed by atoms with Gasteiger partial charge >= 0.3 is 5.97 Å². The molecule has 0 aliphatic rings. The number of hydrogen-bond donors (Lipinski definition) is 0. The highest BCUT2D eigenvalue weighted by molar-refractivity contribution is 5.95. The maximum absolute atomic E-state index is 11.6. The van der Waals surface area contributed by atoms with Crippen LogP contribution in [-0.4, -0.2) is 13.1 Å². The molecule has 0 atom stereocenters.